The summed E-state index contributed by atoms with van der Waals surface area (Å²) in [4.78, 5) is 4.30. The number of alkyl halides is 3. The van der Waals surface area contributed by atoms with Crippen LogP contribution >= 0.6 is 0 Å². The smallest absolute Gasteiger partial charge is 0.331 e. The lowest BCUT2D eigenvalue weighted by atomic mass is 10.2. The van der Waals surface area contributed by atoms with Crippen LogP contribution in [-0.2, 0) is 13.5 Å². The number of nitrogens with zero attached hydrogens (tertiary/aromatic N) is 2. The normalized spacial score (nSPS) is 13.8. The van der Waals surface area contributed by atoms with Crippen LogP contribution in [0, 0.1) is 0 Å². The van der Waals surface area contributed by atoms with E-state index >= 15 is 0 Å². The highest BCUT2D eigenvalue weighted by Gasteiger charge is 2.39. The third-order valence-electron chi connectivity index (χ3n) is 3.30. The Morgan fingerprint density at radius 2 is 2.00 bits per heavy atom. The standard InChI is InChI=1S/C14H18F3N3/c1-3-8-18-12(14(15,16)17)9-13-19-10-6-4-5-7-11(10)20(13)2/h4-7,12,18H,3,8-9H2,1-2H3. The average molecular weight is 285 g/mol. The molecule has 1 atom stereocenters. The molecule has 0 radical (unpaired) electrons. The van der Waals surface area contributed by atoms with E-state index in [0.717, 1.165) is 11.0 Å². The number of halogens is 3. The number of fused-ring (bicyclic) bond motifs is 1. The highest BCUT2D eigenvalue weighted by Crippen LogP contribution is 2.24. The molecule has 1 aromatic heterocycles. The Hall–Kier alpha value is -1.56. The molecule has 1 unspecified atom stereocenters. The summed E-state index contributed by atoms with van der Waals surface area (Å²) in [6.07, 6.45) is -3.77. The van der Waals surface area contributed by atoms with E-state index in [1.54, 1.807) is 17.7 Å². The monoisotopic (exact) mass is 285 g/mol. The van der Waals surface area contributed by atoms with Crippen molar-refractivity contribution < 1.29 is 13.2 Å². The molecule has 0 saturated carbocycles. The Bertz CT molecular complexity index is 575. The summed E-state index contributed by atoms with van der Waals surface area (Å²) in [7, 11) is 1.75. The Labute approximate surface area is 115 Å². The van der Waals surface area contributed by atoms with Crippen molar-refractivity contribution in [3.8, 4) is 0 Å². The van der Waals surface area contributed by atoms with Crippen LogP contribution in [0.5, 0.6) is 0 Å². The van der Waals surface area contributed by atoms with E-state index in [1.807, 2.05) is 25.1 Å². The second-order valence-electron chi connectivity index (χ2n) is 4.83. The summed E-state index contributed by atoms with van der Waals surface area (Å²) in [5.74, 6) is 0.442. The minimum Gasteiger partial charge on any atom is -0.331 e. The molecule has 0 aliphatic carbocycles. The van der Waals surface area contributed by atoms with Crippen molar-refractivity contribution >= 4 is 11.0 Å². The largest absolute Gasteiger partial charge is 0.404 e. The maximum absolute atomic E-state index is 13.0. The molecule has 1 heterocycles. The van der Waals surface area contributed by atoms with E-state index in [1.165, 1.54) is 0 Å². The lowest BCUT2D eigenvalue weighted by Gasteiger charge is -2.21. The highest BCUT2D eigenvalue weighted by atomic mass is 19.4. The van der Waals surface area contributed by atoms with Gasteiger partial charge in [-0.2, -0.15) is 13.2 Å². The number of imidazole rings is 1. The van der Waals surface area contributed by atoms with Crippen LogP contribution in [0.15, 0.2) is 24.3 Å². The van der Waals surface area contributed by atoms with Crippen molar-refractivity contribution in [2.45, 2.75) is 32.0 Å². The highest BCUT2D eigenvalue weighted by molar-refractivity contribution is 5.75. The van der Waals surface area contributed by atoms with Crippen molar-refractivity contribution in [1.29, 1.82) is 0 Å². The second-order valence-corrected chi connectivity index (χ2v) is 4.83. The fourth-order valence-corrected chi connectivity index (χ4v) is 2.18. The Kier molecular flexibility index (Phi) is 4.32. The molecule has 6 heteroatoms. The molecule has 0 fully saturated rings. The van der Waals surface area contributed by atoms with Crippen LogP contribution in [0.25, 0.3) is 11.0 Å². The van der Waals surface area contributed by atoms with Crippen LogP contribution in [0.3, 0.4) is 0 Å². The second kappa shape index (κ2) is 5.83. The third kappa shape index (κ3) is 3.12. The molecule has 0 aliphatic heterocycles. The molecule has 20 heavy (non-hydrogen) atoms. The number of para-hydroxylation sites is 2. The molecular formula is C14H18F3N3. The number of hydrogen-bond donors (Lipinski definition) is 1. The molecule has 0 saturated heterocycles. The first-order valence-corrected chi connectivity index (χ1v) is 6.64. The zero-order chi connectivity index (χ0) is 14.8. The van der Waals surface area contributed by atoms with Gasteiger partial charge in [0.2, 0.25) is 0 Å². The van der Waals surface area contributed by atoms with E-state index in [4.69, 9.17) is 0 Å². The first-order valence-electron chi connectivity index (χ1n) is 6.64. The minimum absolute atomic E-state index is 0.158. The van der Waals surface area contributed by atoms with Gasteiger partial charge < -0.3 is 9.88 Å². The fourth-order valence-electron chi connectivity index (χ4n) is 2.18. The van der Waals surface area contributed by atoms with Gasteiger partial charge in [0.1, 0.15) is 11.9 Å². The van der Waals surface area contributed by atoms with E-state index < -0.39 is 12.2 Å². The zero-order valence-electron chi connectivity index (χ0n) is 11.5. The summed E-state index contributed by atoms with van der Waals surface area (Å²) in [5, 5.41) is 2.55. The van der Waals surface area contributed by atoms with E-state index in [0.29, 0.717) is 18.8 Å². The van der Waals surface area contributed by atoms with Gasteiger partial charge >= 0.3 is 6.18 Å². The lowest BCUT2D eigenvalue weighted by molar-refractivity contribution is -0.155. The predicted molar refractivity (Wildman–Crippen MR) is 72.6 cm³/mol. The van der Waals surface area contributed by atoms with Gasteiger partial charge in [0.15, 0.2) is 0 Å². The van der Waals surface area contributed by atoms with Gasteiger partial charge in [0, 0.05) is 13.5 Å². The molecule has 0 amide bonds. The maximum atomic E-state index is 13.0. The zero-order valence-corrected chi connectivity index (χ0v) is 11.5. The van der Waals surface area contributed by atoms with Gasteiger partial charge in [0.25, 0.3) is 0 Å². The maximum Gasteiger partial charge on any atom is 0.404 e. The van der Waals surface area contributed by atoms with E-state index in [9.17, 15) is 13.2 Å². The number of rotatable bonds is 5. The van der Waals surface area contributed by atoms with E-state index in [2.05, 4.69) is 10.3 Å². The van der Waals surface area contributed by atoms with E-state index in [-0.39, 0.29) is 6.42 Å². The van der Waals surface area contributed by atoms with Crippen molar-refractivity contribution in [3.05, 3.63) is 30.1 Å². The fraction of sp³-hybridized carbons (Fsp3) is 0.500. The van der Waals surface area contributed by atoms with Gasteiger partial charge in [-0.1, -0.05) is 19.1 Å². The van der Waals surface area contributed by atoms with Crippen molar-refractivity contribution in [2.75, 3.05) is 6.54 Å². The predicted octanol–water partition coefficient (Wildman–Crippen LogP) is 3.05. The number of nitrogens with one attached hydrogen (secondary N) is 1. The summed E-state index contributed by atoms with van der Waals surface area (Å²) in [5.41, 5.74) is 1.57. The Morgan fingerprint density at radius 1 is 1.30 bits per heavy atom. The summed E-state index contributed by atoms with van der Waals surface area (Å²) in [6.45, 7) is 2.18. The minimum atomic E-state index is -4.27. The lowest BCUT2D eigenvalue weighted by Crippen LogP contribution is -2.44. The van der Waals surface area contributed by atoms with Gasteiger partial charge in [-0.05, 0) is 25.1 Å². The average Bonchev–Trinajstić information content (AvgIpc) is 2.70. The van der Waals surface area contributed by atoms with Gasteiger partial charge in [-0.15, -0.1) is 0 Å². The molecule has 110 valence electrons. The van der Waals surface area contributed by atoms with Crippen molar-refractivity contribution in [3.63, 3.8) is 0 Å². The first-order chi connectivity index (χ1) is 9.43. The SMILES string of the molecule is CCCNC(Cc1nc2ccccc2n1C)C(F)(F)F. The number of hydrogen-bond acceptors (Lipinski definition) is 2. The molecule has 0 spiro atoms. The third-order valence-corrected chi connectivity index (χ3v) is 3.30. The first kappa shape index (κ1) is 14.8. The molecule has 0 aliphatic rings. The molecule has 2 aromatic rings. The van der Waals surface area contributed by atoms with Crippen molar-refractivity contribution in [2.24, 2.45) is 7.05 Å². The van der Waals surface area contributed by atoms with Crippen LogP contribution < -0.4 is 5.32 Å². The number of aromatic nitrogens is 2. The summed E-state index contributed by atoms with van der Waals surface area (Å²) in [6, 6.07) is 5.78. The molecule has 2 rings (SSSR count). The Balaban J connectivity index is 2.26. The van der Waals surface area contributed by atoms with Crippen molar-refractivity contribution in [1.82, 2.24) is 14.9 Å². The van der Waals surface area contributed by atoms with Crippen LogP contribution in [-0.4, -0.2) is 28.3 Å². The molecule has 1 aromatic carbocycles. The Morgan fingerprint density at radius 3 is 2.60 bits per heavy atom. The summed E-state index contributed by atoms with van der Waals surface area (Å²) >= 11 is 0. The molecular weight excluding hydrogens is 267 g/mol. The molecule has 3 nitrogen and oxygen atoms in total. The van der Waals surface area contributed by atoms with Gasteiger partial charge in [-0.3, -0.25) is 0 Å². The molecule has 0 bridgehead atoms. The van der Waals surface area contributed by atoms with Crippen LogP contribution in [0.2, 0.25) is 0 Å². The van der Waals surface area contributed by atoms with Gasteiger partial charge in [-0.25, -0.2) is 4.98 Å². The molecule has 1 N–H and O–H groups in total. The number of benzene rings is 1. The van der Waals surface area contributed by atoms with Crippen LogP contribution in [0.1, 0.15) is 19.2 Å². The van der Waals surface area contributed by atoms with Crippen LogP contribution in [0.4, 0.5) is 13.2 Å². The summed E-state index contributed by atoms with van der Waals surface area (Å²) < 4.78 is 40.8. The topological polar surface area (TPSA) is 29.9 Å². The van der Waals surface area contributed by atoms with Gasteiger partial charge in [0.05, 0.1) is 11.0 Å². The quantitative estimate of drug-likeness (QED) is 0.915. The number of aryl methyl sites for hydroxylation is 1.